The van der Waals surface area contributed by atoms with E-state index >= 15 is 0 Å². The predicted molar refractivity (Wildman–Crippen MR) is 139 cm³/mol. The van der Waals surface area contributed by atoms with Crippen LogP contribution in [0.4, 0.5) is 0 Å². The molecule has 35 heavy (non-hydrogen) atoms. The zero-order valence-electron chi connectivity index (χ0n) is 20.1. The number of nitrogens with one attached hydrogen (secondary N) is 1. The van der Waals surface area contributed by atoms with E-state index in [1.165, 1.54) is 18.0 Å². The lowest BCUT2D eigenvalue weighted by molar-refractivity contribution is -0.141. The summed E-state index contributed by atoms with van der Waals surface area (Å²) in [5.41, 5.74) is 0.672. The molecule has 0 radical (unpaired) electrons. The van der Waals surface area contributed by atoms with Gasteiger partial charge in [-0.25, -0.2) is 8.42 Å². The molecule has 0 saturated carbocycles. The average Bonchev–Trinajstić information content (AvgIpc) is 2.84. The normalized spacial score (nSPS) is 12.5. The largest absolute Gasteiger partial charge is 0.355 e. The summed E-state index contributed by atoms with van der Waals surface area (Å²) in [5.74, 6) is -0.787. The number of likely N-dealkylation sites (N-methyl/N-ethyl adjacent to an activating group) is 2. The fourth-order valence-electron chi connectivity index (χ4n) is 3.90. The van der Waals surface area contributed by atoms with Crippen molar-refractivity contribution < 1.29 is 18.0 Å². The second-order valence-electron chi connectivity index (χ2n) is 8.20. The van der Waals surface area contributed by atoms with Gasteiger partial charge < -0.3 is 10.2 Å². The number of amides is 2. The molecule has 9 heteroatoms. The molecule has 2 amide bonds. The maximum atomic E-state index is 13.5. The highest BCUT2D eigenvalue weighted by Crippen LogP contribution is 2.23. The first-order valence-corrected chi connectivity index (χ1v) is 13.3. The zero-order valence-corrected chi connectivity index (χ0v) is 21.6. The van der Waals surface area contributed by atoms with Crippen LogP contribution in [0.3, 0.4) is 0 Å². The van der Waals surface area contributed by atoms with Crippen LogP contribution in [0.2, 0.25) is 5.02 Å². The molecule has 3 aromatic rings. The van der Waals surface area contributed by atoms with Gasteiger partial charge in [-0.1, -0.05) is 67.1 Å². The van der Waals surface area contributed by atoms with Gasteiger partial charge in [-0.15, -0.1) is 0 Å². The Hall–Kier alpha value is -2.94. The van der Waals surface area contributed by atoms with E-state index in [0.717, 1.165) is 15.1 Å². The molecule has 0 bridgehead atoms. The van der Waals surface area contributed by atoms with Crippen molar-refractivity contribution >= 4 is 44.2 Å². The SMILES string of the molecule is CCNC(=O)[C@@H](CC)N(Cc1ccccc1Cl)C(=O)CN(C)S(=O)(=O)c1ccc2ccccc2c1. The summed E-state index contributed by atoms with van der Waals surface area (Å²) < 4.78 is 27.6. The van der Waals surface area contributed by atoms with E-state index in [0.29, 0.717) is 23.6 Å². The summed E-state index contributed by atoms with van der Waals surface area (Å²) in [5, 5.41) is 4.94. The van der Waals surface area contributed by atoms with Gasteiger partial charge in [0, 0.05) is 25.2 Å². The number of fused-ring (bicyclic) bond motifs is 1. The molecule has 3 aromatic carbocycles. The molecular weight excluding hydrogens is 486 g/mol. The van der Waals surface area contributed by atoms with Crippen molar-refractivity contribution in [2.45, 2.75) is 37.8 Å². The second kappa shape index (κ2) is 11.7. The summed E-state index contributed by atoms with van der Waals surface area (Å²) in [4.78, 5) is 27.7. The lowest BCUT2D eigenvalue weighted by Crippen LogP contribution is -2.51. The Bertz CT molecular complexity index is 1310. The van der Waals surface area contributed by atoms with Gasteiger partial charge in [0.2, 0.25) is 21.8 Å². The van der Waals surface area contributed by atoms with Crippen LogP contribution >= 0.6 is 11.6 Å². The molecule has 0 spiro atoms. The topological polar surface area (TPSA) is 86.8 Å². The number of halogens is 1. The molecule has 0 aliphatic rings. The standard InChI is InChI=1S/C26H30ClN3O4S/c1-4-24(26(32)28-5-2)30(17-21-12-8-9-13-23(21)27)25(31)18-29(3)35(33,34)22-15-14-19-10-6-7-11-20(19)16-22/h6-16,24H,4-5,17-18H2,1-3H3,(H,28,32)/t24-/m1/s1. The third-order valence-electron chi connectivity index (χ3n) is 5.82. The number of hydrogen-bond acceptors (Lipinski definition) is 4. The summed E-state index contributed by atoms with van der Waals surface area (Å²) in [6, 6.07) is 18.6. The number of nitrogens with zero attached hydrogens (tertiary/aromatic N) is 2. The smallest absolute Gasteiger partial charge is 0.243 e. The van der Waals surface area contributed by atoms with Crippen molar-refractivity contribution in [3.8, 4) is 0 Å². The maximum absolute atomic E-state index is 13.5. The molecule has 0 aliphatic heterocycles. The molecule has 3 rings (SSSR count). The molecule has 186 valence electrons. The summed E-state index contributed by atoms with van der Waals surface area (Å²) >= 11 is 6.32. The summed E-state index contributed by atoms with van der Waals surface area (Å²) in [6.45, 7) is 3.68. The van der Waals surface area contributed by atoms with Gasteiger partial charge in [-0.2, -0.15) is 4.31 Å². The molecule has 1 atom stereocenters. The van der Waals surface area contributed by atoms with Crippen LogP contribution in [0, 0.1) is 0 Å². The van der Waals surface area contributed by atoms with Crippen LogP contribution in [0.25, 0.3) is 10.8 Å². The average molecular weight is 516 g/mol. The molecule has 0 aromatic heterocycles. The minimum absolute atomic E-state index is 0.0814. The summed E-state index contributed by atoms with van der Waals surface area (Å²) in [6.07, 6.45) is 0.364. The number of benzene rings is 3. The van der Waals surface area contributed by atoms with E-state index in [1.54, 1.807) is 43.3 Å². The lowest BCUT2D eigenvalue weighted by atomic mass is 10.1. The van der Waals surface area contributed by atoms with Gasteiger partial charge in [0.15, 0.2) is 0 Å². The Morgan fingerprint density at radius 1 is 0.971 bits per heavy atom. The Balaban J connectivity index is 1.89. The van der Waals surface area contributed by atoms with Gasteiger partial charge in [0.05, 0.1) is 11.4 Å². The van der Waals surface area contributed by atoms with Gasteiger partial charge in [-0.05, 0) is 47.9 Å². The van der Waals surface area contributed by atoms with Crippen LogP contribution in [-0.4, -0.2) is 55.6 Å². The van der Waals surface area contributed by atoms with Crippen molar-refractivity contribution in [1.82, 2.24) is 14.5 Å². The monoisotopic (exact) mass is 515 g/mol. The van der Waals surface area contributed by atoms with E-state index < -0.39 is 28.5 Å². The highest BCUT2D eigenvalue weighted by Gasteiger charge is 2.32. The molecule has 0 aliphatic carbocycles. The second-order valence-corrected chi connectivity index (χ2v) is 10.7. The number of carbonyl (C=O) groups is 2. The van der Waals surface area contributed by atoms with Gasteiger partial charge in [0.1, 0.15) is 6.04 Å². The number of hydrogen-bond donors (Lipinski definition) is 1. The van der Waals surface area contributed by atoms with Crippen molar-refractivity contribution in [3.63, 3.8) is 0 Å². The quantitative estimate of drug-likeness (QED) is 0.441. The van der Waals surface area contributed by atoms with Crippen LogP contribution in [-0.2, 0) is 26.2 Å². The van der Waals surface area contributed by atoms with Crippen LogP contribution in [0.5, 0.6) is 0 Å². The van der Waals surface area contributed by atoms with Crippen molar-refractivity contribution in [2.75, 3.05) is 20.1 Å². The summed E-state index contributed by atoms with van der Waals surface area (Å²) in [7, 11) is -2.58. The molecule has 0 heterocycles. The molecule has 1 N–H and O–H groups in total. The number of rotatable bonds is 10. The number of carbonyl (C=O) groups excluding carboxylic acids is 2. The molecule has 0 unspecified atom stereocenters. The van der Waals surface area contributed by atoms with E-state index in [-0.39, 0.29) is 17.3 Å². The third kappa shape index (κ3) is 6.20. The predicted octanol–water partition coefficient (Wildman–Crippen LogP) is 4.06. The highest BCUT2D eigenvalue weighted by molar-refractivity contribution is 7.89. The van der Waals surface area contributed by atoms with Gasteiger partial charge in [0.25, 0.3) is 0 Å². The van der Waals surface area contributed by atoms with Crippen LogP contribution in [0.1, 0.15) is 25.8 Å². The van der Waals surface area contributed by atoms with Crippen LogP contribution in [0.15, 0.2) is 71.6 Å². The first-order chi connectivity index (χ1) is 16.7. The Kier molecular flexibility index (Phi) is 8.88. The Labute approximate surface area is 211 Å². The van der Waals surface area contributed by atoms with E-state index in [1.807, 2.05) is 31.2 Å². The zero-order chi connectivity index (χ0) is 25.6. The van der Waals surface area contributed by atoms with Gasteiger partial charge in [-0.3, -0.25) is 9.59 Å². The van der Waals surface area contributed by atoms with Crippen molar-refractivity contribution in [3.05, 3.63) is 77.3 Å². The van der Waals surface area contributed by atoms with E-state index in [2.05, 4.69) is 5.32 Å². The maximum Gasteiger partial charge on any atom is 0.243 e. The van der Waals surface area contributed by atoms with E-state index in [4.69, 9.17) is 11.6 Å². The van der Waals surface area contributed by atoms with E-state index in [9.17, 15) is 18.0 Å². The van der Waals surface area contributed by atoms with Gasteiger partial charge >= 0.3 is 0 Å². The molecule has 0 fully saturated rings. The number of sulfonamides is 1. The minimum atomic E-state index is -3.94. The first kappa shape index (κ1) is 26.7. The Morgan fingerprint density at radius 3 is 2.29 bits per heavy atom. The fourth-order valence-corrected chi connectivity index (χ4v) is 5.25. The molecular formula is C26H30ClN3O4S. The Morgan fingerprint density at radius 2 is 1.63 bits per heavy atom. The lowest BCUT2D eigenvalue weighted by Gasteiger charge is -2.32. The van der Waals surface area contributed by atoms with Crippen molar-refractivity contribution in [2.24, 2.45) is 0 Å². The minimum Gasteiger partial charge on any atom is -0.355 e. The van der Waals surface area contributed by atoms with Crippen LogP contribution < -0.4 is 5.32 Å². The highest BCUT2D eigenvalue weighted by atomic mass is 35.5. The molecule has 0 saturated heterocycles. The first-order valence-electron chi connectivity index (χ1n) is 11.4. The fraction of sp³-hybridized carbons (Fsp3) is 0.308. The third-order valence-corrected chi connectivity index (χ3v) is 7.99. The van der Waals surface area contributed by atoms with Crippen molar-refractivity contribution in [1.29, 1.82) is 0 Å². The molecule has 7 nitrogen and oxygen atoms in total.